The number of hydrogen-bond donors (Lipinski definition) is 1. The second kappa shape index (κ2) is 8.07. The van der Waals surface area contributed by atoms with Crippen molar-refractivity contribution in [3.63, 3.8) is 0 Å². The van der Waals surface area contributed by atoms with E-state index < -0.39 is 0 Å². The molecule has 0 aromatic heterocycles. The Balaban J connectivity index is 0.000000171. The average molecular weight is 240 g/mol. The molecule has 96 valence electrons. The molecule has 1 aromatic carbocycles. The molecular formula is C14H21FO2. The summed E-state index contributed by atoms with van der Waals surface area (Å²) in [4.78, 5) is 0. The second-order valence-electron chi connectivity index (χ2n) is 4.34. The maximum atomic E-state index is 12.2. The number of ether oxygens (including phenoxy) is 1. The molecule has 1 N–H and O–H groups in total. The number of benzene rings is 1. The van der Waals surface area contributed by atoms with E-state index in [0.29, 0.717) is 18.3 Å². The summed E-state index contributed by atoms with van der Waals surface area (Å²) < 4.78 is 17.0. The Hall–Kier alpha value is -1.09. The Kier molecular flexibility index (Phi) is 6.63. The van der Waals surface area contributed by atoms with Crippen molar-refractivity contribution >= 4 is 0 Å². The molecule has 0 bridgehead atoms. The molecule has 0 aliphatic heterocycles. The Morgan fingerprint density at radius 3 is 2.18 bits per heavy atom. The van der Waals surface area contributed by atoms with Gasteiger partial charge in [0, 0.05) is 6.61 Å². The van der Waals surface area contributed by atoms with E-state index in [9.17, 15) is 4.39 Å². The van der Waals surface area contributed by atoms with Gasteiger partial charge in [-0.1, -0.05) is 19.3 Å². The van der Waals surface area contributed by atoms with E-state index in [-0.39, 0.29) is 5.82 Å². The minimum absolute atomic E-state index is 0.240. The fraction of sp³-hybridized carbons (Fsp3) is 0.571. The lowest BCUT2D eigenvalue weighted by Gasteiger charge is -2.18. The van der Waals surface area contributed by atoms with Gasteiger partial charge in [0.15, 0.2) is 0 Å². The van der Waals surface area contributed by atoms with Crippen molar-refractivity contribution in [1.29, 1.82) is 0 Å². The van der Waals surface area contributed by atoms with E-state index in [1.165, 1.54) is 44.2 Å². The van der Waals surface area contributed by atoms with Crippen molar-refractivity contribution in [2.24, 2.45) is 5.92 Å². The van der Waals surface area contributed by atoms with Gasteiger partial charge in [0.25, 0.3) is 0 Å². The highest BCUT2D eigenvalue weighted by Crippen LogP contribution is 2.22. The number of aliphatic hydroxyl groups excluding tert-OH is 1. The summed E-state index contributed by atoms with van der Waals surface area (Å²) >= 11 is 0. The zero-order chi connectivity index (χ0) is 12.5. The van der Waals surface area contributed by atoms with E-state index in [4.69, 9.17) is 9.84 Å². The van der Waals surface area contributed by atoms with Gasteiger partial charge in [-0.15, -0.1) is 0 Å². The third-order valence-corrected chi connectivity index (χ3v) is 3.03. The predicted octanol–water partition coefficient (Wildman–Crippen LogP) is 3.39. The summed E-state index contributed by atoms with van der Waals surface area (Å²) in [6.45, 7) is 0.417. The van der Waals surface area contributed by atoms with Crippen molar-refractivity contribution in [1.82, 2.24) is 0 Å². The van der Waals surface area contributed by atoms with Gasteiger partial charge >= 0.3 is 0 Å². The van der Waals surface area contributed by atoms with Crippen molar-refractivity contribution in [3.05, 3.63) is 30.1 Å². The molecule has 17 heavy (non-hydrogen) atoms. The third-order valence-electron chi connectivity index (χ3n) is 3.03. The van der Waals surface area contributed by atoms with Gasteiger partial charge in [-0.3, -0.25) is 0 Å². The molecule has 1 saturated carbocycles. The first-order valence-electron chi connectivity index (χ1n) is 6.16. The average Bonchev–Trinajstić information content (AvgIpc) is 2.41. The Bertz CT molecular complexity index is 292. The summed E-state index contributed by atoms with van der Waals surface area (Å²) in [5.74, 6) is 1.08. The van der Waals surface area contributed by atoms with Gasteiger partial charge in [0.1, 0.15) is 11.6 Å². The fourth-order valence-electron chi connectivity index (χ4n) is 1.94. The van der Waals surface area contributed by atoms with Crippen molar-refractivity contribution < 1.29 is 14.2 Å². The third kappa shape index (κ3) is 5.68. The number of rotatable bonds is 2. The maximum Gasteiger partial charge on any atom is 0.123 e. The molecule has 1 aromatic rings. The Morgan fingerprint density at radius 1 is 1.18 bits per heavy atom. The zero-order valence-corrected chi connectivity index (χ0v) is 10.4. The van der Waals surface area contributed by atoms with E-state index in [0.717, 1.165) is 0 Å². The molecule has 2 rings (SSSR count). The molecule has 0 unspecified atom stereocenters. The van der Waals surface area contributed by atoms with Crippen molar-refractivity contribution in [3.8, 4) is 5.75 Å². The minimum Gasteiger partial charge on any atom is -0.497 e. The standard InChI is InChI=1S/C7H7FO.C7H14O/c1-9-7-4-2-6(8)3-5-7;8-6-7-4-2-1-3-5-7/h2-5H,1H3;7-8H,1-6H2. The number of aliphatic hydroxyl groups is 1. The van der Waals surface area contributed by atoms with Crippen molar-refractivity contribution in [2.75, 3.05) is 13.7 Å². The largest absolute Gasteiger partial charge is 0.497 e. The van der Waals surface area contributed by atoms with Crippen LogP contribution < -0.4 is 4.74 Å². The first kappa shape index (κ1) is 14.0. The van der Waals surface area contributed by atoms with Crippen LogP contribution in [0.3, 0.4) is 0 Å². The number of halogens is 1. The van der Waals surface area contributed by atoms with Crippen LogP contribution in [0, 0.1) is 11.7 Å². The summed E-state index contributed by atoms with van der Waals surface area (Å²) in [5, 5.41) is 8.69. The lowest BCUT2D eigenvalue weighted by atomic mass is 9.90. The first-order valence-corrected chi connectivity index (χ1v) is 6.16. The van der Waals surface area contributed by atoms with E-state index in [1.54, 1.807) is 19.2 Å². The maximum absolute atomic E-state index is 12.2. The van der Waals surface area contributed by atoms with Crippen LogP contribution in [0.4, 0.5) is 4.39 Å². The summed E-state index contributed by atoms with van der Waals surface area (Å²) in [6.07, 6.45) is 6.58. The molecule has 2 nitrogen and oxygen atoms in total. The van der Waals surface area contributed by atoms with Gasteiger partial charge in [-0.05, 0) is 43.0 Å². The van der Waals surface area contributed by atoms with Gasteiger partial charge in [0.05, 0.1) is 7.11 Å². The van der Waals surface area contributed by atoms with Gasteiger partial charge in [-0.25, -0.2) is 4.39 Å². The van der Waals surface area contributed by atoms with Crippen LogP contribution in [0.15, 0.2) is 24.3 Å². The fourth-order valence-corrected chi connectivity index (χ4v) is 1.94. The van der Waals surface area contributed by atoms with Crippen LogP contribution in [-0.2, 0) is 0 Å². The molecule has 0 amide bonds. The van der Waals surface area contributed by atoms with E-state index in [2.05, 4.69) is 0 Å². The van der Waals surface area contributed by atoms with Gasteiger partial charge in [0.2, 0.25) is 0 Å². The first-order chi connectivity index (χ1) is 8.26. The lowest BCUT2D eigenvalue weighted by molar-refractivity contribution is 0.190. The van der Waals surface area contributed by atoms with Crippen LogP contribution in [0.25, 0.3) is 0 Å². The molecule has 0 atom stereocenters. The molecule has 1 fully saturated rings. The van der Waals surface area contributed by atoms with Crippen LogP contribution in [0.1, 0.15) is 32.1 Å². The van der Waals surface area contributed by atoms with Crippen LogP contribution in [0.5, 0.6) is 5.75 Å². The summed E-state index contributed by atoms with van der Waals surface area (Å²) in [6, 6.07) is 5.88. The lowest BCUT2D eigenvalue weighted by Crippen LogP contribution is -2.09. The highest BCUT2D eigenvalue weighted by molar-refractivity contribution is 5.21. The number of methoxy groups -OCH3 is 1. The Morgan fingerprint density at radius 2 is 1.76 bits per heavy atom. The Labute approximate surface area is 102 Å². The normalized spacial score (nSPS) is 15.9. The van der Waals surface area contributed by atoms with Crippen LogP contribution in [0.2, 0.25) is 0 Å². The smallest absolute Gasteiger partial charge is 0.123 e. The summed E-state index contributed by atoms with van der Waals surface area (Å²) in [7, 11) is 1.55. The van der Waals surface area contributed by atoms with E-state index in [1.807, 2.05) is 0 Å². The molecule has 1 aliphatic carbocycles. The predicted molar refractivity (Wildman–Crippen MR) is 66.6 cm³/mol. The van der Waals surface area contributed by atoms with Crippen LogP contribution in [-0.4, -0.2) is 18.8 Å². The quantitative estimate of drug-likeness (QED) is 0.858. The SMILES string of the molecule is COc1ccc(F)cc1.OCC1CCCCC1. The highest BCUT2D eigenvalue weighted by atomic mass is 19.1. The molecule has 0 heterocycles. The summed E-state index contributed by atoms with van der Waals surface area (Å²) in [5.41, 5.74) is 0. The van der Waals surface area contributed by atoms with Crippen molar-refractivity contribution in [2.45, 2.75) is 32.1 Å². The topological polar surface area (TPSA) is 29.5 Å². The monoisotopic (exact) mass is 240 g/mol. The van der Waals surface area contributed by atoms with E-state index >= 15 is 0 Å². The van der Waals surface area contributed by atoms with Gasteiger partial charge in [-0.2, -0.15) is 0 Å². The van der Waals surface area contributed by atoms with Crippen LogP contribution >= 0.6 is 0 Å². The molecule has 1 aliphatic rings. The molecule has 3 heteroatoms. The molecule has 0 saturated heterocycles. The highest BCUT2D eigenvalue weighted by Gasteiger charge is 2.10. The minimum atomic E-state index is -0.240. The zero-order valence-electron chi connectivity index (χ0n) is 10.4. The molecular weight excluding hydrogens is 219 g/mol. The van der Waals surface area contributed by atoms with Gasteiger partial charge < -0.3 is 9.84 Å². The second-order valence-corrected chi connectivity index (χ2v) is 4.34. The number of hydrogen-bond acceptors (Lipinski definition) is 2. The molecule has 0 radical (unpaired) electrons. The molecule has 0 spiro atoms.